The maximum absolute atomic E-state index is 10.4. The molecule has 19 heavy (non-hydrogen) atoms. The number of aliphatic hydroxyl groups is 1. The minimum Gasteiger partial charge on any atom is -0.388 e. The molecule has 4 nitrogen and oxygen atoms in total. The van der Waals surface area contributed by atoms with Crippen molar-refractivity contribution in [3.05, 3.63) is 17.5 Å². The van der Waals surface area contributed by atoms with E-state index >= 15 is 0 Å². The molecule has 1 aliphatic carbocycles. The average Bonchev–Trinajstić information content (AvgIpc) is 2.71. The van der Waals surface area contributed by atoms with E-state index in [1.807, 2.05) is 19.9 Å². The van der Waals surface area contributed by atoms with E-state index in [-0.39, 0.29) is 0 Å². The third-order valence-electron chi connectivity index (χ3n) is 3.93. The summed E-state index contributed by atoms with van der Waals surface area (Å²) in [7, 11) is 0. The molecule has 1 heterocycles. The molecule has 0 spiro atoms. The summed E-state index contributed by atoms with van der Waals surface area (Å²) in [6, 6.07) is 1.98. The van der Waals surface area contributed by atoms with Gasteiger partial charge in [0.1, 0.15) is 0 Å². The Morgan fingerprint density at radius 3 is 2.74 bits per heavy atom. The molecule has 0 amide bonds. The Kier molecular flexibility index (Phi) is 4.81. The largest absolute Gasteiger partial charge is 0.388 e. The van der Waals surface area contributed by atoms with Crippen LogP contribution in [0.5, 0.6) is 0 Å². The smallest absolute Gasteiger partial charge is 0.187 e. The van der Waals surface area contributed by atoms with Gasteiger partial charge in [0.15, 0.2) is 5.16 Å². The maximum Gasteiger partial charge on any atom is 0.187 e. The number of nitrogens with zero attached hydrogens (tertiary/aromatic N) is 2. The van der Waals surface area contributed by atoms with E-state index in [0.717, 1.165) is 48.0 Å². The van der Waals surface area contributed by atoms with Crippen LogP contribution in [0.15, 0.2) is 11.2 Å². The molecular weight excluding hydrogens is 258 g/mol. The number of aromatic nitrogens is 2. The van der Waals surface area contributed by atoms with Gasteiger partial charge in [-0.05, 0) is 45.1 Å². The minimum absolute atomic E-state index is 0.330. The highest BCUT2D eigenvalue weighted by atomic mass is 32.2. The number of nitrogens with two attached hydrogens (primary N) is 1. The van der Waals surface area contributed by atoms with Crippen molar-refractivity contribution >= 4 is 11.8 Å². The van der Waals surface area contributed by atoms with Crippen LogP contribution in [0.2, 0.25) is 0 Å². The Morgan fingerprint density at radius 1 is 1.42 bits per heavy atom. The van der Waals surface area contributed by atoms with Crippen LogP contribution >= 0.6 is 11.8 Å². The molecule has 5 heteroatoms. The van der Waals surface area contributed by atoms with Crippen molar-refractivity contribution < 1.29 is 5.11 Å². The zero-order valence-corrected chi connectivity index (χ0v) is 12.5. The van der Waals surface area contributed by atoms with Gasteiger partial charge in [-0.1, -0.05) is 18.2 Å². The maximum atomic E-state index is 10.4. The van der Waals surface area contributed by atoms with Gasteiger partial charge in [-0.25, -0.2) is 9.97 Å². The van der Waals surface area contributed by atoms with E-state index in [9.17, 15) is 5.11 Å². The molecule has 2 atom stereocenters. The first kappa shape index (κ1) is 14.8. The van der Waals surface area contributed by atoms with Gasteiger partial charge in [-0.3, -0.25) is 0 Å². The average molecular weight is 281 g/mol. The van der Waals surface area contributed by atoms with Gasteiger partial charge in [-0.2, -0.15) is 0 Å². The van der Waals surface area contributed by atoms with Gasteiger partial charge in [0.25, 0.3) is 0 Å². The van der Waals surface area contributed by atoms with E-state index in [4.69, 9.17) is 5.73 Å². The molecule has 106 valence electrons. The molecule has 1 aromatic rings. The van der Waals surface area contributed by atoms with Crippen molar-refractivity contribution in [1.82, 2.24) is 9.97 Å². The third kappa shape index (κ3) is 3.68. The number of hydrogen-bond donors (Lipinski definition) is 2. The Bertz CT molecular complexity index is 420. The number of rotatable bonds is 5. The molecule has 3 N–H and O–H groups in total. The fraction of sp³-hybridized carbons (Fsp3) is 0.714. The van der Waals surface area contributed by atoms with Crippen LogP contribution < -0.4 is 5.73 Å². The SMILES string of the molecule is Cc1cc(C)nc(SCCC2CCCC2(O)CN)n1. The predicted molar refractivity (Wildman–Crippen MR) is 78.2 cm³/mol. The Labute approximate surface area is 119 Å². The molecule has 0 aromatic carbocycles. The van der Waals surface area contributed by atoms with Crippen LogP contribution in [0.1, 0.15) is 37.1 Å². The van der Waals surface area contributed by atoms with Crippen LogP contribution in [0.25, 0.3) is 0 Å². The van der Waals surface area contributed by atoms with E-state index in [1.54, 1.807) is 11.8 Å². The summed E-state index contributed by atoms with van der Waals surface area (Å²) in [5.41, 5.74) is 7.08. The van der Waals surface area contributed by atoms with Gasteiger partial charge in [0.05, 0.1) is 5.60 Å². The van der Waals surface area contributed by atoms with Crippen molar-refractivity contribution in [2.75, 3.05) is 12.3 Å². The molecule has 1 fully saturated rings. The lowest BCUT2D eigenvalue weighted by molar-refractivity contribution is 0.0103. The van der Waals surface area contributed by atoms with Crippen LogP contribution in [0.3, 0.4) is 0 Å². The molecule has 1 aromatic heterocycles. The van der Waals surface area contributed by atoms with Crippen molar-refractivity contribution in [2.24, 2.45) is 11.7 Å². The summed E-state index contributed by atoms with van der Waals surface area (Å²) < 4.78 is 0. The van der Waals surface area contributed by atoms with Crippen molar-refractivity contribution in [1.29, 1.82) is 0 Å². The van der Waals surface area contributed by atoms with Crippen LogP contribution in [-0.2, 0) is 0 Å². The summed E-state index contributed by atoms with van der Waals surface area (Å²) in [5, 5.41) is 11.2. The number of aryl methyl sites for hydroxylation is 2. The zero-order chi connectivity index (χ0) is 13.9. The number of thioether (sulfide) groups is 1. The summed E-state index contributed by atoms with van der Waals surface area (Å²) >= 11 is 1.67. The molecule has 2 rings (SSSR count). The van der Waals surface area contributed by atoms with Crippen molar-refractivity contribution in [2.45, 2.75) is 50.3 Å². The molecular formula is C14H23N3OS. The van der Waals surface area contributed by atoms with E-state index < -0.39 is 5.60 Å². The second-order valence-corrected chi connectivity index (χ2v) is 6.53. The summed E-state index contributed by atoms with van der Waals surface area (Å²) in [4.78, 5) is 8.84. The summed E-state index contributed by atoms with van der Waals surface area (Å²) in [6.45, 7) is 4.36. The monoisotopic (exact) mass is 281 g/mol. The lowest BCUT2D eigenvalue weighted by Crippen LogP contribution is -2.41. The second-order valence-electron chi connectivity index (χ2n) is 5.47. The van der Waals surface area contributed by atoms with Gasteiger partial charge >= 0.3 is 0 Å². The fourth-order valence-electron chi connectivity index (χ4n) is 2.86. The van der Waals surface area contributed by atoms with E-state index in [0.29, 0.717) is 12.5 Å². The normalized spacial score (nSPS) is 26.8. The van der Waals surface area contributed by atoms with Gasteiger partial charge < -0.3 is 10.8 Å². The number of hydrogen-bond acceptors (Lipinski definition) is 5. The molecule has 1 aliphatic rings. The van der Waals surface area contributed by atoms with E-state index in [2.05, 4.69) is 9.97 Å². The van der Waals surface area contributed by atoms with Crippen LogP contribution in [0.4, 0.5) is 0 Å². The highest BCUT2D eigenvalue weighted by Gasteiger charge is 2.39. The fourth-order valence-corrected chi connectivity index (χ4v) is 3.86. The molecule has 1 saturated carbocycles. The highest BCUT2D eigenvalue weighted by Crippen LogP contribution is 2.38. The molecule has 0 aliphatic heterocycles. The second kappa shape index (κ2) is 6.20. The Morgan fingerprint density at radius 2 is 2.11 bits per heavy atom. The lowest BCUT2D eigenvalue weighted by Gasteiger charge is -2.28. The van der Waals surface area contributed by atoms with Gasteiger partial charge in [-0.15, -0.1) is 0 Å². The first-order chi connectivity index (χ1) is 9.03. The van der Waals surface area contributed by atoms with Gasteiger partial charge in [0.2, 0.25) is 0 Å². The predicted octanol–water partition coefficient (Wildman–Crippen LogP) is 2.07. The Balaban J connectivity index is 1.86. The standard InChI is InChI=1S/C14H23N3OS/c1-10-8-11(2)17-13(16-10)19-7-5-12-4-3-6-14(12,18)9-15/h8,12,18H,3-7,9,15H2,1-2H3. The molecule has 0 radical (unpaired) electrons. The van der Waals surface area contributed by atoms with Crippen LogP contribution in [-0.4, -0.2) is 33.0 Å². The van der Waals surface area contributed by atoms with E-state index in [1.165, 1.54) is 0 Å². The summed E-state index contributed by atoms with van der Waals surface area (Å²) in [5.74, 6) is 1.27. The third-order valence-corrected chi connectivity index (χ3v) is 4.82. The minimum atomic E-state index is -0.635. The topological polar surface area (TPSA) is 72.0 Å². The lowest BCUT2D eigenvalue weighted by atomic mass is 9.89. The Hall–Kier alpha value is -0.650. The zero-order valence-electron chi connectivity index (χ0n) is 11.7. The quantitative estimate of drug-likeness (QED) is 0.638. The first-order valence-electron chi connectivity index (χ1n) is 6.91. The summed E-state index contributed by atoms with van der Waals surface area (Å²) in [6.07, 6.45) is 4.00. The highest BCUT2D eigenvalue weighted by molar-refractivity contribution is 7.99. The van der Waals surface area contributed by atoms with Crippen LogP contribution in [0, 0.1) is 19.8 Å². The molecule has 0 saturated heterocycles. The molecule has 0 bridgehead atoms. The van der Waals surface area contributed by atoms with Crippen molar-refractivity contribution in [3.8, 4) is 0 Å². The van der Waals surface area contributed by atoms with Crippen molar-refractivity contribution in [3.63, 3.8) is 0 Å². The van der Waals surface area contributed by atoms with Gasteiger partial charge in [0, 0.05) is 23.7 Å². The molecule has 2 unspecified atom stereocenters. The first-order valence-corrected chi connectivity index (χ1v) is 7.89.